The summed E-state index contributed by atoms with van der Waals surface area (Å²) >= 11 is 0.994. The summed E-state index contributed by atoms with van der Waals surface area (Å²) in [5.41, 5.74) is 5.62. The van der Waals surface area contributed by atoms with Gasteiger partial charge in [-0.25, -0.2) is 0 Å². The molecule has 148 valence electrons. The number of fused-ring (bicyclic) bond motifs is 1. The van der Waals surface area contributed by atoms with Crippen molar-refractivity contribution in [3.63, 3.8) is 0 Å². The number of hydrogen-bond acceptors (Lipinski definition) is 4. The van der Waals surface area contributed by atoms with Crippen LogP contribution in [0, 0.1) is 6.92 Å². The molecule has 5 heteroatoms. The number of allylic oxidation sites excluding steroid dienone is 1. The third-order valence-corrected chi connectivity index (χ3v) is 6.16. The first-order chi connectivity index (χ1) is 13.1. The number of hydrogen-bond donors (Lipinski definition) is 0. The van der Waals surface area contributed by atoms with E-state index < -0.39 is 0 Å². The zero-order chi connectivity index (χ0) is 20.8. The first-order valence-electron chi connectivity index (χ1n) is 9.57. The van der Waals surface area contributed by atoms with Crippen LogP contribution < -0.4 is 4.90 Å². The van der Waals surface area contributed by atoms with E-state index in [1.165, 1.54) is 21.7 Å². The molecule has 2 heterocycles. The average Bonchev–Trinajstić information content (AvgIpc) is 2.83. The smallest absolute Gasteiger partial charge is 0.293 e. The summed E-state index contributed by atoms with van der Waals surface area (Å²) in [5.74, 6) is -0.246. The summed E-state index contributed by atoms with van der Waals surface area (Å²) in [4.78, 5) is 28.8. The van der Waals surface area contributed by atoms with Crippen LogP contribution in [-0.2, 0) is 4.79 Å². The first-order valence-corrected chi connectivity index (χ1v) is 10.4. The van der Waals surface area contributed by atoms with Gasteiger partial charge in [0.05, 0.1) is 10.4 Å². The monoisotopic (exact) mass is 396 g/mol. The molecule has 1 saturated heterocycles. The van der Waals surface area contributed by atoms with E-state index in [0.29, 0.717) is 10.9 Å². The molecule has 28 heavy (non-hydrogen) atoms. The fourth-order valence-electron chi connectivity index (χ4n) is 4.24. The quantitative estimate of drug-likeness (QED) is 0.489. The van der Waals surface area contributed by atoms with Crippen LogP contribution in [-0.4, -0.2) is 34.2 Å². The van der Waals surface area contributed by atoms with E-state index in [0.717, 1.165) is 22.9 Å². The van der Waals surface area contributed by atoms with Gasteiger partial charge in [0, 0.05) is 23.8 Å². The number of rotatable bonds is 4. The molecular weight excluding hydrogens is 368 g/mol. The van der Waals surface area contributed by atoms with Crippen LogP contribution in [0.15, 0.2) is 35.8 Å². The Morgan fingerprint density at radius 1 is 1.21 bits per heavy atom. The third-order valence-electron chi connectivity index (χ3n) is 5.25. The topological polar surface area (TPSA) is 40.6 Å². The van der Waals surface area contributed by atoms with Gasteiger partial charge >= 0.3 is 0 Å². The van der Waals surface area contributed by atoms with Crippen molar-refractivity contribution in [1.29, 1.82) is 0 Å². The van der Waals surface area contributed by atoms with Crippen LogP contribution in [0.4, 0.5) is 10.5 Å². The van der Waals surface area contributed by atoms with E-state index in [2.05, 4.69) is 71.2 Å². The standard InChI is InChI=1S/C23H28N2O2S/c1-8-9-24-21(26)20(28-22(24)27)12-17-11-18-16(5)13-23(6,7)25(14(2)3)19(18)10-15(17)4/h8,10-14H,1,9H2,2-7H3/b20-12-. The molecule has 2 aliphatic heterocycles. The molecule has 3 rings (SSSR count). The summed E-state index contributed by atoms with van der Waals surface area (Å²) in [7, 11) is 0. The molecule has 2 amide bonds. The summed E-state index contributed by atoms with van der Waals surface area (Å²) in [6.45, 7) is 16.9. The molecule has 0 spiro atoms. The Labute approximate surface area is 172 Å². The van der Waals surface area contributed by atoms with E-state index in [1.807, 2.05) is 6.08 Å². The van der Waals surface area contributed by atoms with Crippen LogP contribution in [0.25, 0.3) is 11.6 Å². The van der Waals surface area contributed by atoms with E-state index in [9.17, 15) is 9.59 Å². The van der Waals surface area contributed by atoms with E-state index in [-0.39, 0.29) is 23.2 Å². The summed E-state index contributed by atoms with van der Waals surface area (Å²) < 4.78 is 0. The van der Waals surface area contributed by atoms with Gasteiger partial charge in [-0.3, -0.25) is 14.5 Å². The fraction of sp³-hybridized carbons (Fsp3) is 0.391. The van der Waals surface area contributed by atoms with Crippen molar-refractivity contribution in [1.82, 2.24) is 4.90 Å². The largest absolute Gasteiger partial charge is 0.360 e. The number of benzene rings is 1. The lowest BCUT2D eigenvalue weighted by Gasteiger charge is -2.46. The van der Waals surface area contributed by atoms with Gasteiger partial charge < -0.3 is 4.90 Å². The number of carbonyl (C=O) groups is 2. The van der Waals surface area contributed by atoms with Crippen molar-refractivity contribution in [2.75, 3.05) is 11.4 Å². The number of aryl methyl sites for hydroxylation is 1. The maximum Gasteiger partial charge on any atom is 0.293 e. The molecule has 0 N–H and O–H groups in total. The third kappa shape index (κ3) is 3.44. The van der Waals surface area contributed by atoms with Gasteiger partial charge in [0.25, 0.3) is 11.1 Å². The second-order valence-corrected chi connectivity index (χ2v) is 9.24. The lowest BCUT2D eigenvalue weighted by molar-refractivity contribution is -0.122. The molecule has 0 bridgehead atoms. The van der Waals surface area contributed by atoms with Crippen molar-refractivity contribution in [2.24, 2.45) is 0 Å². The molecule has 1 aromatic carbocycles. The maximum absolute atomic E-state index is 12.5. The lowest BCUT2D eigenvalue weighted by Crippen LogP contribution is -2.49. The van der Waals surface area contributed by atoms with Crippen LogP contribution in [0.1, 0.15) is 51.3 Å². The number of thioether (sulfide) groups is 1. The molecule has 2 aliphatic rings. The van der Waals surface area contributed by atoms with Crippen molar-refractivity contribution < 1.29 is 9.59 Å². The molecule has 0 aliphatic carbocycles. The van der Waals surface area contributed by atoms with Crippen LogP contribution >= 0.6 is 11.8 Å². The Morgan fingerprint density at radius 2 is 1.89 bits per heavy atom. The molecule has 0 unspecified atom stereocenters. The predicted octanol–water partition coefficient (Wildman–Crippen LogP) is 5.63. The van der Waals surface area contributed by atoms with Gasteiger partial charge in [0.2, 0.25) is 0 Å². The second-order valence-electron chi connectivity index (χ2n) is 8.25. The minimum Gasteiger partial charge on any atom is -0.360 e. The average molecular weight is 397 g/mol. The molecule has 4 nitrogen and oxygen atoms in total. The molecular formula is C23H28N2O2S. The number of carbonyl (C=O) groups excluding carboxylic acids is 2. The highest BCUT2D eigenvalue weighted by Crippen LogP contribution is 2.42. The number of amides is 2. The Hall–Kier alpha value is -2.27. The zero-order valence-electron chi connectivity index (χ0n) is 17.5. The van der Waals surface area contributed by atoms with E-state index in [1.54, 1.807) is 6.08 Å². The number of imide groups is 1. The molecule has 0 atom stereocenters. The second kappa shape index (κ2) is 7.28. The Bertz CT molecular complexity index is 925. The van der Waals surface area contributed by atoms with Gasteiger partial charge in [0.1, 0.15) is 0 Å². The molecule has 1 aromatic rings. The fourth-order valence-corrected chi connectivity index (χ4v) is 5.08. The lowest BCUT2D eigenvalue weighted by atomic mass is 9.86. The maximum atomic E-state index is 12.5. The van der Waals surface area contributed by atoms with Gasteiger partial charge in [0.15, 0.2) is 0 Å². The van der Waals surface area contributed by atoms with Gasteiger partial charge in [-0.2, -0.15) is 0 Å². The van der Waals surface area contributed by atoms with Gasteiger partial charge in [-0.05, 0) is 88.2 Å². The Morgan fingerprint density at radius 3 is 2.50 bits per heavy atom. The van der Waals surface area contributed by atoms with Gasteiger partial charge in [-0.15, -0.1) is 6.58 Å². The highest BCUT2D eigenvalue weighted by molar-refractivity contribution is 8.18. The van der Waals surface area contributed by atoms with Crippen molar-refractivity contribution in [2.45, 2.75) is 53.1 Å². The highest BCUT2D eigenvalue weighted by atomic mass is 32.2. The van der Waals surface area contributed by atoms with Crippen LogP contribution in [0.5, 0.6) is 0 Å². The molecule has 0 radical (unpaired) electrons. The predicted molar refractivity (Wildman–Crippen MR) is 119 cm³/mol. The first kappa shape index (κ1) is 20.5. The molecule has 1 fully saturated rings. The van der Waals surface area contributed by atoms with Crippen molar-refractivity contribution in [3.8, 4) is 0 Å². The summed E-state index contributed by atoms with van der Waals surface area (Å²) in [6.07, 6.45) is 5.71. The van der Waals surface area contributed by atoms with E-state index in [4.69, 9.17) is 0 Å². The SMILES string of the molecule is C=CCN1C(=O)S/C(=C\c2cc3c(cc2C)N(C(C)C)C(C)(C)C=C3C)C1=O. The summed E-state index contributed by atoms with van der Waals surface area (Å²) in [5, 5.41) is -0.240. The van der Waals surface area contributed by atoms with Crippen molar-refractivity contribution in [3.05, 3.63) is 52.5 Å². The Kier molecular flexibility index (Phi) is 5.32. The minimum atomic E-state index is -0.246. The van der Waals surface area contributed by atoms with Crippen LogP contribution in [0.2, 0.25) is 0 Å². The normalized spacial score (nSPS) is 20.1. The van der Waals surface area contributed by atoms with E-state index >= 15 is 0 Å². The van der Waals surface area contributed by atoms with Crippen LogP contribution in [0.3, 0.4) is 0 Å². The highest BCUT2D eigenvalue weighted by Gasteiger charge is 2.35. The van der Waals surface area contributed by atoms with Gasteiger partial charge in [-0.1, -0.05) is 12.2 Å². The minimum absolute atomic E-state index is 0.0629. The van der Waals surface area contributed by atoms with Crippen molar-refractivity contribution >= 4 is 40.2 Å². The molecule has 0 aromatic heterocycles. The number of nitrogens with zero attached hydrogens (tertiary/aromatic N) is 2. The molecule has 0 saturated carbocycles. The Balaban J connectivity index is 2.08. The zero-order valence-corrected chi connectivity index (χ0v) is 18.3. The summed E-state index contributed by atoms with van der Waals surface area (Å²) in [6, 6.07) is 4.70. The number of anilines is 1.